The molecule has 0 aliphatic heterocycles. The maximum atomic E-state index is 11.4. The van der Waals surface area contributed by atoms with Crippen molar-refractivity contribution in [1.29, 1.82) is 0 Å². The monoisotopic (exact) mass is 254 g/mol. The SMILES string of the molecule is CCCNC(=O)CCNc1cc(Cl)ccc1C. The highest BCUT2D eigenvalue weighted by molar-refractivity contribution is 6.30. The third kappa shape index (κ3) is 5.09. The predicted molar refractivity (Wildman–Crippen MR) is 72.6 cm³/mol. The van der Waals surface area contributed by atoms with Crippen molar-refractivity contribution in [3.05, 3.63) is 28.8 Å². The summed E-state index contributed by atoms with van der Waals surface area (Å²) in [6.07, 6.45) is 1.44. The van der Waals surface area contributed by atoms with E-state index in [-0.39, 0.29) is 5.91 Å². The molecule has 1 aromatic rings. The maximum Gasteiger partial charge on any atom is 0.221 e. The molecule has 0 radical (unpaired) electrons. The van der Waals surface area contributed by atoms with E-state index in [2.05, 4.69) is 10.6 Å². The van der Waals surface area contributed by atoms with Gasteiger partial charge in [0.1, 0.15) is 0 Å². The van der Waals surface area contributed by atoms with Crippen LogP contribution < -0.4 is 10.6 Å². The molecule has 4 heteroatoms. The van der Waals surface area contributed by atoms with Gasteiger partial charge in [0.25, 0.3) is 0 Å². The molecule has 0 fully saturated rings. The number of aryl methyl sites for hydroxylation is 1. The van der Waals surface area contributed by atoms with Gasteiger partial charge >= 0.3 is 0 Å². The molecular weight excluding hydrogens is 236 g/mol. The fourth-order valence-corrected chi connectivity index (χ4v) is 1.62. The van der Waals surface area contributed by atoms with Gasteiger partial charge in [-0.05, 0) is 31.0 Å². The minimum atomic E-state index is 0.0824. The Morgan fingerprint density at radius 3 is 2.82 bits per heavy atom. The number of carbonyl (C=O) groups is 1. The Hall–Kier alpha value is -1.22. The van der Waals surface area contributed by atoms with Crippen LogP contribution >= 0.6 is 11.6 Å². The molecule has 0 aliphatic rings. The molecular formula is C13H19ClN2O. The van der Waals surface area contributed by atoms with Gasteiger partial charge in [-0.25, -0.2) is 0 Å². The first-order chi connectivity index (χ1) is 8.13. The molecule has 0 unspecified atom stereocenters. The van der Waals surface area contributed by atoms with E-state index in [0.29, 0.717) is 18.0 Å². The van der Waals surface area contributed by atoms with Crippen LogP contribution in [0, 0.1) is 6.92 Å². The summed E-state index contributed by atoms with van der Waals surface area (Å²) < 4.78 is 0. The van der Waals surface area contributed by atoms with E-state index in [0.717, 1.165) is 24.2 Å². The Morgan fingerprint density at radius 1 is 1.35 bits per heavy atom. The van der Waals surface area contributed by atoms with E-state index in [1.807, 2.05) is 32.0 Å². The van der Waals surface area contributed by atoms with Crippen LogP contribution in [-0.4, -0.2) is 19.0 Å². The summed E-state index contributed by atoms with van der Waals surface area (Å²) in [6, 6.07) is 5.69. The summed E-state index contributed by atoms with van der Waals surface area (Å²) in [6.45, 7) is 5.41. The van der Waals surface area contributed by atoms with Crippen LogP contribution in [0.25, 0.3) is 0 Å². The summed E-state index contributed by atoms with van der Waals surface area (Å²) >= 11 is 5.91. The molecule has 0 saturated carbocycles. The molecule has 0 atom stereocenters. The summed E-state index contributed by atoms with van der Waals surface area (Å²) in [5, 5.41) is 6.76. The average molecular weight is 255 g/mol. The zero-order valence-corrected chi connectivity index (χ0v) is 11.1. The van der Waals surface area contributed by atoms with Crippen molar-refractivity contribution in [2.45, 2.75) is 26.7 Å². The Balaban J connectivity index is 2.35. The number of amides is 1. The summed E-state index contributed by atoms with van der Waals surface area (Å²) in [5.41, 5.74) is 2.11. The molecule has 3 nitrogen and oxygen atoms in total. The van der Waals surface area contributed by atoms with E-state index in [4.69, 9.17) is 11.6 Å². The van der Waals surface area contributed by atoms with Crippen LogP contribution in [0.4, 0.5) is 5.69 Å². The van der Waals surface area contributed by atoms with Crippen LogP contribution in [0.2, 0.25) is 5.02 Å². The number of carbonyl (C=O) groups excluding carboxylic acids is 1. The van der Waals surface area contributed by atoms with Crippen molar-refractivity contribution in [1.82, 2.24) is 5.32 Å². The van der Waals surface area contributed by atoms with Gasteiger partial charge in [-0.1, -0.05) is 24.6 Å². The number of hydrogen-bond acceptors (Lipinski definition) is 2. The van der Waals surface area contributed by atoms with Crippen LogP contribution in [0.1, 0.15) is 25.3 Å². The predicted octanol–water partition coefficient (Wildman–Crippen LogP) is 2.98. The molecule has 94 valence electrons. The molecule has 0 aliphatic carbocycles. The van der Waals surface area contributed by atoms with Gasteiger partial charge in [0.2, 0.25) is 5.91 Å². The quantitative estimate of drug-likeness (QED) is 0.820. The molecule has 17 heavy (non-hydrogen) atoms. The van der Waals surface area contributed by atoms with Gasteiger partial charge < -0.3 is 10.6 Å². The van der Waals surface area contributed by atoms with E-state index >= 15 is 0 Å². The van der Waals surface area contributed by atoms with Crippen LogP contribution in [0.3, 0.4) is 0 Å². The van der Waals surface area contributed by atoms with Gasteiger partial charge in [0, 0.05) is 30.2 Å². The summed E-state index contributed by atoms with van der Waals surface area (Å²) in [7, 11) is 0. The maximum absolute atomic E-state index is 11.4. The number of benzene rings is 1. The molecule has 1 amide bonds. The first kappa shape index (κ1) is 13.8. The molecule has 0 bridgehead atoms. The van der Waals surface area contributed by atoms with E-state index in [9.17, 15) is 4.79 Å². The minimum Gasteiger partial charge on any atom is -0.384 e. The standard InChI is InChI=1S/C13H19ClN2O/c1-3-7-16-13(17)6-8-15-12-9-11(14)5-4-10(12)2/h4-5,9,15H,3,6-8H2,1-2H3,(H,16,17). The van der Waals surface area contributed by atoms with E-state index < -0.39 is 0 Å². The highest BCUT2D eigenvalue weighted by Crippen LogP contribution is 2.19. The normalized spacial score (nSPS) is 10.1. The number of rotatable bonds is 6. The summed E-state index contributed by atoms with van der Waals surface area (Å²) in [5.74, 6) is 0.0824. The lowest BCUT2D eigenvalue weighted by Gasteiger charge is -2.09. The topological polar surface area (TPSA) is 41.1 Å². The number of anilines is 1. The number of nitrogens with one attached hydrogen (secondary N) is 2. The second kappa shape index (κ2) is 7.17. The lowest BCUT2D eigenvalue weighted by atomic mass is 10.2. The van der Waals surface area contributed by atoms with Crippen molar-refractivity contribution >= 4 is 23.2 Å². The third-order valence-electron chi connectivity index (χ3n) is 2.44. The van der Waals surface area contributed by atoms with Crippen LogP contribution in [0.5, 0.6) is 0 Å². The van der Waals surface area contributed by atoms with Gasteiger partial charge in [0.15, 0.2) is 0 Å². The number of hydrogen-bond donors (Lipinski definition) is 2. The highest BCUT2D eigenvalue weighted by Gasteiger charge is 2.02. The molecule has 0 heterocycles. The van der Waals surface area contributed by atoms with E-state index in [1.165, 1.54) is 0 Å². The lowest BCUT2D eigenvalue weighted by molar-refractivity contribution is -0.120. The fraction of sp³-hybridized carbons (Fsp3) is 0.462. The van der Waals surface area contributed by atoms with Crippen molar-refractivity contribution in [2.75, 3.05) is 18.4 Å². The number of halogens is 1. The minimum absolute atomic E-state index is 0.0824. The molecule has 2 N–H and O–H groups in total. The molecule has 0 aromatic heterocycles. The first-order valence-corrected chi connectivity index (χ1v) is 6.28. The van der Waals surface area contributed by atoms with Crippen LogP contribution in [-0.2, 0) is 4.79 Å². The van der Waals surface area contributed by atoms with E-state index in [1.54, 1.807) is 0 Å². The van der Waals surface area contributed by atoms with Crippen LogP contribution in [0.15, 0.2) is 18.2 Å². The summed E-state index contributed by atoms with van der Waals surface area (Å²) in [4.78, 5) is 11.4. The molecule has 1 rings (SSSR count). The second-order valence-corrected chi connectivity index (χ2v) is 4.42. The molecule has 0 saturated heterocycles. The highest BCUT2D eigenvalue weighted by atomic mass is 35.5. The second-order valence-electron chi connectivity index (χ2n) is 3.99. The Bertz CT molecular complexity index is 380. The molecule has 1 aromatic carbocycles. The third-order valence-corrected chi connectivity index (χ3v) is 2.67. The zero-order valence-electron chi connectivity index (χ0n) is 10.3. The Kier molecular flexibility index (Phi) is 5.84. The molecule has 0 spiro atoms. The van der Waals surface area contributed by atoms with Crippen molar-refractivity contribution in [3.63, 3.8) is 0 Å². The average Bonchev–Trinajstić information content (AvgIpc) is 2.31. The lowest BCUT2D eigenvalue weighted by Crippen LogP contribution is -2.25. The van der Waals surface area contributed by atoms with Crippen molar-refractivity contribution in [2.24, 2.45) is 0 Å². The first-order valence-electron chi connectivity index (χ1n) is 5.90. The van der Waals surface area contributed by atoms with Gasteiger partial charge in [-0.2, -0.15) is 0 Å². The largest absolute Gasteiger partial charge is 0.384 e. The van der Waals surface area contributed by atoms with Crippen molar-refractivity contribution in [3.8, 4) is 0 Å². The van der Waals surface area contributed by atoms with Gasteiger partial charge in [-0.3, -0.25) is 4.79 Å². The zero-order chi connectivity index (χ0) is 12.7. The Morgan fingerprint density at radius 2 is 2.12 bits per heavy atom. The fourth-order valence-electron chi connectivity index (χ4n) is 1.45. The smallest absolute Gasteiger partial charge is 0.221 e. The Labute approximate surface area is 108 Å². The van der Waals surface area contributed by atoms with Gasteiger partial charge in [0.05, 0.1) is 0 Å². The van der Waals surface area contributed by atoms with Gasteiger partial charge in [-0.15, -0.1) is 0 Å². The van der Waals surface area contributed by atoms with Crippen molar-refractivity contribution < 1.29 is 4.79 Å².